The summed E-state index contributed by atoms with van der Waals surface area (Å²) in [5.74, 6) is -0.222. The first-order valence-corrected chi connectivity index (χ1v) is 12.4. The lowest BCUT2D eigenvalue weighted by Gasteiger charge is -2.55. The van der Waals surface area contributed by atoms with Gasteiger partial charge in [-0.3, -0.25) is 0 Å². The summed E-state index contributed by atoms with van der Waals surface area (Å²) in [6.07, 6.45) is 0. The third kappa shape index (κ3) is 4.41. The van der Waals surface area contributed by atoms with Crippen LogP contribution in [-0.4, -0.2) is 19.8 Å². The third-order valence-corrected chi connectivity index (χ3v) is 17.1. The molecule has 1 aromatic rings. The van der Waals surface area contributed by atoms with Gasteiger partial charge >= 0.3 is 5.97 Å². The number of carbonyl (C=O) groups is 1. The number of hydrogen-bond donors (Lipinski definition) is 0. The second-order valence-corrected chi connectivity index (χ2v) is 15.7. The van der Waals surface area contributed by atoms with Crippen LogP contribution in [0, 0.1) is 6.92 Å². The first-order chi connectivity index (χ1) is 10.7. The molecule has 0 saturated carbocycles. The Balaban J connectivity index is 3.28. The Morgan fingerprint density at radius 2 is 1.61 bits per heavy atom. The average Bonchev–Trinajstić information content (AvgIpc) is 2.45. The maximum atomic E-state index is 12.1. The number of aryl methyl sites for hydroxylation is 1. The van der Waals surface area contributed by atoms with Crippen molar-refractivity contribution in [3.63, 3.8) is 0 Å². The van der Waals surface area contributed by atoms with E-state index in [2.05, 4.69) is 65.7 Å². The van der Waals surface area contributed by atoms with Crippen molar-refractivity contribution in [2.45, 2.75) is 76.9 Å². The molecule has 0 radical (unpaired) electrons. The van der Waals surface area contributed by atoms with Crippen LogP contribution in [0.15, 0.2) is 23.1 Å². The van der Waals surface area contributed by atoms with Crippen molar-refractivity contribution < 1.29 is 9.53 Å². The van der Waals surface area contributed by atoms with Gasteiger partial charge in [0, 0.05) is 0 Å². The van der Waals surface area contributed by atoms with E-state index in [1.807, 2.05) is 19.1 Å². The third-order valence-electron chi connectivity index (χ3n) is 4.69. The van der Waals surface area contributed by atoms with Crippen molar-refractivity contribution in [1.29, 1.82) is 0 Å². The van der Waals surface area contributed by atoms with Crippen LogP contribution >= 0.6 is 11.2 Å². The van der Waals surface area contributed by atoms with E-state index in [-0.39, 0.29) is 5.97 Å². The molecule has 23 heavy (non-hydrogen) atoms. The highest BCUT2D eigenvalue weighted by molar-refractivity contribution is 8.29. The molecule has 2 nitrogen and oxygen atoms in total. The number of hydrogen-bond acceptors (Lipinski definition) is 3. The monoisotopic (exact) mass is 352 g/mol. The summed E-state index contributed by atoms with van der Waals surface area (Å²) >= 11 is 2.07. The average molecular weight is 353 g/mol. The Hall–Kier alpha value is -0.743. The minimum absolute atomic E-state index is 0.222. The summed E-state index contributed by atoms with van der Waals surface area (Å²) in [4.78, 5) is 13.3. The topological polar surface area (TPSA) is 26.3 Å². The molecule has 0 fully saturated rings. The zero-order valence-electron chi connectivity index (χ0n) is 15.9. The summed E-state index contributed by atoms with van der Waals surface area (Å²) in [6, 6.07) is 5.96. The van der Waals surface area contributed by atoms with Gasteiger partial charge in [-0.1, -0.05) is 54.8 Å². The molecule has 0 saturated heterocycles. The Morgan fingerprint density at radius 3 is 2.04 bits per heavy atom. The van der Waals surface area contributed by atoms with Crippen LogP contribution in [0.3, 0.4) is 0 Å². The molecule has 0 spiro atoms. The standard InChI is InChI=1S/C19H32O2SSi/c1-9-21-19(20)17-11-10-16(8)18(12-17)22-23(13(2)3,14(4)5)15(6)7/h10-15H,9H2,1-8H3/q-1. The summed E-state index contributed by atoms with van der Waals surface area (Å²) in [6.45, 7) is 18.6. The minimum Gasteiger partial charge on any atom is -0.462 e. The minimum atomic E-state index is -1.61. The fourth-order valence-corrected chi connectivity index (χ4v) is 13.0. The van der Waals surface area contributed by atoms with Gasteiger partial charge in [-0.05, 0) is 36.4 Å². The van der Waals surface area contributed by atoms with Crippen molar-refractivity contribution in [3.05, 3.63) is 29.3 Å². The molecule has 0 amide bonds. The fourth-order valence-electron chi connectivity index (χ4n) is 3.60. The largest absolute Gasteiger partial charge is 0.462 e. The Bertz CT molecular complexity index is 516. The molecule has 0 aliphatic rings. The van der Waals surface area contributed by atoms with E-state index in [0.717, 1.165) is 0 Å². The van der Waals surface area contributed by atoms with Gasteiger partial charge in [-0.15, -0.1) is 16.6 Å². The summed E-state index contributed by atoms with van der Waals surface area (Å²) in [7, 11) is -1.61. The Kier molecular flexibility index (Phi) is 7.40. The second kappa shape index (κ2) is 8.38. The van der Waals surface area contributed by atoms with E-state index in [9.17, 15) is 4.79 Å². The molecule has 0 aliphatic heterocycles. The normalized spacial score (nSPS) is 12.3. The van der Waals surface area contributed by atoms with Gasteiger partial charge in [0.25, 0.3) is 0 Å². The van der Waals surface area contributed by atoms with Gasteiger partial charge in [-0.25, -0.2) is 4.79 Å². The van der Waals surface area contributed by atoms with Crippen molar-refractivity contribution in [2.24, 2.45) is 0 Å². The molecule has 0 N–H and O–H groups in total. The quantitative estimate of drug-likeness (QED) is 0.417. The predicted octanol–water partition coefficient (Wildman–Crippen LogP) is 6.44. The van der Waals surface area contributed by atoms with E-state index < -0.39 is 7.22 Å². The zero-order chi connectivity index (χ0) is 17.8. The van der Waals surface area contributed by atoms with Crippen LogP contribution in [0.5, 0.6) is 0 Å². The maximum absolute atomic E-state index is 12.1. The summed E-state index contributed by atoms with van der Waals surface area (Å²) in [5, 5.41) is 0. The van der Waals surface area contributed by atoms with Crippen molar-refractivity contribution in [1.82, 2.24) is 0 Å². The number of benzene rings is 1. The highest BCUT2D eigenvalue weighted by Gasteiger charge is 2.31. The summed E-state index contributed by atoms with van der Waals surface area (Å²) in [5.41, 5.74) is 3.95. The van der Waals surface area contributed by atoms with E-state index in [4.69, 9.17) is 4.74 Å². The first-order valence-electron chi connectivity index (χ1n) is 8.63. The molecular formula is C19H32O2SSi-. The first kappa shape index (κ1) is 20.3. The smallest absolute Gasteiger partial charge is 0.338 e. The molecule has 1 rings (SSSR count). The number of esters is 1. The van der Waals surface area contributed by atoms with Crippen molar-refractivity contribution in [2.75, 3.05) is 6.61 Å². The molecule has 0 bridgehead atoms. The maximum Gasteiger partial charge on any atom is 0.338 e. The highest BCUT2D eigenvalue weighted by Crippen LogP contribution is 2.52. The van der Waals surface area contributed by atoms with Gasteiger partial charge < -0.3 is 15.9 Å². The van der Waals surface area contributed by atoms with Crippen LogP contribution in [0.1, 0.15) is 64.4 Å². The molecule has 131 valence electrons. The van der Waals surface area contributed by atoms with Gasteiger partial charge in [0.1, 0.15) is 0 Å². The fraction of sp³-hybridized carbons (Fsp3) is 0.632. The van der Waals surface area contributed by atoms with Crippen LogP contribution in [0.2, 0.25) is 16.6 Å². The summed E-state index contributed by atoms with van der Waals surface area (Å²) < 4.78 is 5.16. The van der Waals surface area contributed by atoms with Crippen molar-refractivity contribution in [3.8, 4) is 0 Å². The zero-order valence-corrected chi connectivity index (χ0v) is 17.7. The second-order valence-electron chi connectivity index (χ2n) is 7.12. The number of rotatable bonds is 7. The number of ether oxygens (including phenoxy) is 1. The predicted molar refractivity (Wildman–Crippen MR) is 104 cm³/mol. The van der Waals surface area contributed by atoms with E-state index in [1.165, 1.54) is 10.5 Å². The highest BCUT2D eigenvalue weighted by atomic mass is 32.4. The SMILES string of the molecule is CCOC(=O)c1ccc(C)c(S[Si-](C(C)C)(C(C)C)C(C)C)c1. The Labute approximate surface area is 147 Å². The lowest BCUT2D eigenvalue weighted by Crippen LogP contribution is -2.41. The van der Waals surface area contributed by atoms with Crippen LogP contribution in [-0.2, 0) is 4.74 Å². The van der Waals surface area contributed by atoms with Gasteiger partial charge in [-0.2, -0.15) is 0 Å². The molecule has 0 aromatic heterocycles. The molecule has 4 heteroatoms. The lowest BCUT2D eigenvalue weighted by molar-refractivity contribution is 0.0526. The molecule has 0 atom stereocenters. The van der Waals surface area contributed by atoms with Crippen molar-refractivity contribution >= 4 is 24.4 Å². The van der Waals surface area contributed by atoms with Crippen LogP contribution < -0.4 is 0 Å². The molecule has 1 aromatic carbocycles. The lowest BCUT2D eigenvalue weighted by atomic mass is 10.1. The number of carbonyl (C=O) groups excluding carboxylic acids is 1. The molecule has 0 heterocycles. The van der Waals surface area contributed by atoms with Crippen LogP contribution in [0.4, 0.5) is 0 Å². The van der Waals surface area contributed by atoms with Gasteiger partial charge in [0.2, 0.25) is 0 Å². The Morgan fingerprint density at radius 1 is 1.09 bits per heavy atom. The molecular weight excluding hydrogens is 320 g/mol. The molecule has 0 aliphatic carbocycles. The van der Waals surface area contributed by atoms with Gasteiger partial charge in [0.05, 0.1) is 12.2 Å². The molecule has 0 unspecified atom stereocenters. The van der Waals surface area contributed by atoms with E-state index in [0.29, 0.717) is 28.8 Å². The van der Waals surface area contributed by atoms with Gasteiger partial charge in [0.15, 0.2) is 0 Å². The van der Waals surface area contributed by atoms with Crippen LogP contribution in [0.25, 0.3) is 0 Å². The van der Waals surface area contributed by atoms with E-state index in [1.54, 1.807) is 0 Å². The van der Waals surface area contributed by atoms with E-state index >= 15 is 0 Å².